The van der Waals surface area contributed by atoms with Crippen molar-refractivity contribution in [2.75, 3.05) is 6.61 Å². The first-order valence-corrected chi connectivity index (χ1v) is 15.5. The van der Waals surface area contributed by atoms with Crippen molar-refractivity contribution in [1.82, 2.24) is 0 Å². The highest BCUT2D eigenvalue weighted by molar-refractivity contribution is 6.58. The molecule has 0 aromatic rings. The number of unbranched alkanes of at least 4 members (excludes halogenated alkanes) is 11. The number of esters is 1. The topological polar surface area (TPSA) is 35.5 Å². The average Bonchev–Trinajstić information content (AvgIpc) is 2.71. The zero-order valence-corrected chi connectivity index (χ0v) is 20.8. The van der Waals surface area contributed by atoms with Crippen LogP contribution in [0.3, 0.4) is 0 Å². The Morgan fingerprint density at radius 1 is 0.897 bits per heavy atom. The Bertz CT molecular complexity index is 428. The van der Waals surface area contributed by atoms with Crippen molar-refractivity contribution in [2.45, 2.75) is 135 Å². The molecule has 0 bridgehead atoms. The zero-order chi connectivity index (χ0) is 21.2. The summed E-state index contributed by atoms with van der Waals surface area (Å²) in [5.74, 6) is -0.0503. The van der Waals surface area contributed by atoms with Crippen molar-refractivity contribution in [2.24, 2.45) is 0 Å². The number of hydrogen-bond acceptors (Lipinski definition) is 3. The van der Waals surface area contributed by atoms with Crippen LogP contribution in [0.15, 0.2) is 12.2 Å². The Kier molecular flexibility index (Phi) is 15.6. The summed E-state index contributed by atoms with van der Waals surface area (Å²) in [7, 11) is -1.19. The molecule has 29 heavy (non-hydrogen) atoms. The highest BCUT2D eigenvalue weighted by Crippen LogP contribution is 2.29. The van der Waals surface area contributed by atoms with Crippen LogP contribution >= 0.6 is 0 Å². The van der Waals surface area contributed by atoms with E-state index in [1.54, 1.807) is 0 Å². The Labute approximate surface area is 182 Å². The van der Waals surface area contributed by atoms with Gasteiger partial charge in [0.25, 0.3) is 0 Å². The average molecular weight is 425 g/mol. The molecule has 0 N–H and O–H groups in total. The molecule has 0 spiro atoms. The third-order valence-corrected chi connectivity index (χ3v) is 8.41. The van der Waals surface area contributed by atoms with Crippen LogP contribution in [-0.2, 0) is 14.3 Å². The minimum absolute atomic E-state index is 0.0503. The van der Waals surface area contributed by atoms with Gasteiger partial charge in [-0.2, -0.15) is 0 Å². The fourth-order valence-electron chi connectivity index (χ4n) is 4.03. The van der Waals surface area contributed by atoms with Gasteiger partial charge in [-0.15, -0.1) is 0 Å². The van der Waals surface area contributed by atoms with Gasteiger partial charge in [0, 0.05) is 12.8 Å². The van der Waals surface area contributed by atoms with E-state index in [-0.39, 0.29) is 5.97 Å². The summed E-state index contributed by atoms with van der Waals surface area (Å²) >= 11 is 0. The SMILES string of the molecule is CCCCCCCC/C=C\CCCCCCCC(=O)OC1([SiH](C)C)CCCCO1. The Morgan fingerprint density at radius 3 is 2.03 bits per heavy atom. The van der Waals surface area contributed by atoms with Crippen LogP contribution in [0.5, 0.6) is 0 Å². The standard InChI is InChI=1S/C25H48O3Si/c1-4-5-6-7-8-9-10-11-12-13-14-15-16-17-18-21-24(26)28-25(29(2)3)22-19-20-23-27-25/h11-12,29H,4-10,13-23H2,1-3H3/b12-11-. The summed E-state index contributed by atoms with van der Waals surface area (Å²) in [5.41, 5.74) is -0.531. The van der Waals surface area contributed by atoms with E-state index in [0.717, 1.165) is 38.7 Å². The molecule has 1 saturated heterocycles. The van der Waals surface area contributed by atoms with E-state index in [4.69, 9.17) is 9.47 Å². The molecule has 0 radical (unpaired) electrons. The van der Waals surface area contributed by atoms with Crippen molar-refractivity contribution < 1.29 is 14.3 Å². The molecular formula is C25H48O3Si. The lowest BCUT2D eigenvalue weighted by Crippen LogP contribution is -2.51. The molecule has 1 unspecified atom stereocenters. The van der Waals surface area contributed by atoms with Gasteiger partial charge in [0.1, 0.15) is 8.80 Å². The number of allylic oxidation sites excluding steroid dienone is 2. The lowest BCUT2D eigenvalue weighted by atomic mass is 10.1. The summed E-state index contributed by atoms with van der Waals surface area (Å²) < 4.78 is 11.8. The number of ether oxygens (including phenoxy) is 2. The lowest BCUT2D eigenvalue weighted by molar-refractivity contribution is -0.209. The second-order valence-electron chi connectivity index (χ2n) is 9.08. The summed E-state index contributed by atoms with van der Waals surface area (Å²) in [6.45, 7) is 7.46. The molecule has 3 nitrogen and oxygen atoms in total. The molecular weight excluding hydrogens is 376 g/mol. The largest absolute Gasteiger partial charge is 0.438 e. The van der Waals surface area contributed by atoms with Crippen LogP contribution < -0.4 is 0 Å². The normalized spacial score (nSPS) is 19.9. The van der Waals surface area contributed by atoms with Gasteiger partial charge in [0.2, 0.25) is 0 Å². The monoisotopic (exact) mass is 424 g/mol. The van der Waals surface area contributed by atoms with E-state index in [2.05, 4.69) is 32.2 Å². The summed E-state index contributed by atoms with van der Waals surface area (Å²) in [4.78, 5) is 12.3. The molecule has 1 rings (SSSR count). The van der Waals surface area contributed by atoms with E-state index >= 15 is 0 Å². The third-order valence-electron chi connectivity index (χ3n) is 6.07. The highest BCUT2D eigenvalue weighted by Gasteiger charge is 2.40. The molecule has 1 aliphatic heterocycles. The van der Waals surface area contributed by atoms with Gasteiger partial charge in [-0.25, -0.2) is 0 Å². The number of carbonyl (C=O) groups is 1. The van der Waals surface area contributed by atoms with E-state index in [0.29, 0.717) is 6.42 Å². The van der Waals surface area contributed by atoms with Crippen LogP contribution in [0.25, 0.3) is 0 Å². The molecule has 0 aliphatic carbocycles. The predicted molar refractivity (Wildman–Crippen MR) is 127 cm³/mol. The highest BCUT2D eigenvalue weighted by atomic mass is 28.3. The first kappa shape index (κ1) is 26.4. The molecule has 170 valence electrons. The second-order valence-corrected chi connectivity index (χ2v) is 12.3. The van der Waals surface area contributed by atoms with Crippen LogP contribution in [0.1, 0.15) is 116 Å². The molecule has 0 saturated carbocycles. The first-order valence-electron chi connectivity index (χ1n) is 12.6. The maximum absolute atomic E-state index is 12.3. The third kappa shape index (κ3) is 12.6. The molecule has 0 aromatic carbocycles. The Morgan fingerprint density at radius 2 is 1.48 bits per heavy atom. The quantitative estimate of drug-likeness (QED) is 0.105. The van der Waals surface area contributed by atoms with E-state index < -0.39 is 14.2 Å². The maximum Gasteiger partial charge on any atom is 0.308 e. The molecule has 1 fully saturated rings. The van der Waals surface area contributed by atoms with Crippen LogP contribution in [0, 0.1) is 0 Å². The summed E-state index contributed by atoms with van der Waals surface area (Å²) in [5, 5.41) is 0. The van der Waals surface area contributed by atoms with Crippen molar-refractivity contribution in [3.63, 3.8) is 0 Å². The van der Waals surface area contributed by atoms with Crippen LogP contribution in [0.2, 0.25) is 13.1 Å². The van der Waals surface area contributed by atoms with Gasteiger partial charge in [0.05, 0.1) is 6.61 Å². The first-order chi connectivity index (χ1) is 14.1. The Hall–Kier alpha value is -0.613. The minimum atomic E-state index is -1.19. The van der Waals surface area contributed by atoms with E-state index in [9.17, 15) is 4.79 Å². The van der Waals surface area contributed by atoms with Crippen molar-refractivity contribution in [3.8, 4) is 0 Å². The molecule has 0 aromatic heterocycles. The number of carbonyl (C=O) groups excluding carboxylic acids is 1. The number of rotatable bonds is 17. The maximum atomic E-state index is 12.3. The van der Waals surface area contributed by atoms with Gasteiger partial charge in [-0.05, 0) is 44.9 Å². The zero-order valence-electron chi connectivity index (χ0n) is 19.7. The number of hydrogen-bond donors (Lipinski definition) is 0. The van der Waals surface area contributed by atoms with Gasteiger partial charge in [-0.1, -0.05) is 83.5 Å². The minimum Gasteiger partial charge on any atom is -0.438 e. The van der Waals surface area contributed by atoms with E-state index in [1.807, 2.05) is 0 Å². The van der Waals surface area contributed by atoms with Gasteiger partial charge >= 0.3 is 5.97 Å². The molecule has 4 heteroatoms. The van der Waals surface area contributed by atoms with E-state index in [1.165, 1.54) is 70.6 Å². The molecule has 1 heterocycles. The molecule has 1 atom stereocenters. The van der Waals surface area contributed by atoms with Gasteiger partial charge in [-0.3, -0.25) is 4.79 Å². The van der Waals surface area contributed by atoms with Crippen molar-refractivity contribution in [3.05, 3.63) is 12.2 Å². The van der Waals surface area contributed by atoms with Crippen LogP contribution in [-0.4, -0.2) is 26.8 Å². The fraction of sp³-hybridized carbons (Fsp3) is 0.880. The second kappa shape index (κ2) is 17.1. The molecule has 0 amide bonds. The van der Waals surface area contributed by atoms with Gasteiger partial charge in [0.15, 0.2) is 5.41 Å². The summed E-state index contributed by atoms with van der Waals surface area (Å²) in [6.07, 6.45) is 25.0. The molecule has 1 aliphatic rings. The van der Waals surface area contributed by atoms with Crippen LogP contribution in [0.4, 0.5) is 0 Å². The Balaban J connectivity index is 1.95. The van der Waals surface area contributed by atoms with Crippen molar-refractivity contribution in [1.29, 1.82) is 0 Å². The fourth-order valence-corrected chi connectivity index (χ4v) is 5.63. The predicted octanol–water partition coefficient (Wildman–Crippen LogP) is 7.49. The lowest BCUT2D eigenvalue weighted by Gasteiger charge is -2.39. The summed E-state index contributed by atoms with van der Waals surface area (Å²) in [6, 6.07) is 0. The van der Waals surface area contributed by atoms with Crippen molar-refractivity contribution >= 4 is 14.8 Å². The van der Waals surface area contributed by atoms with Gasteiger partial charge < -0.3 is 9.47 Å². The smallest absolute Gasteiger partial charge is 0.308 e.